The lowest BCUT2D eigenvalue weighted by atomic mass is 10.0. The number of nitrogens with two attached hydrogens (primary N) is 5. The summed E-state index contributed by atoms with van der Waals surface area (Å²) in [5, 5.41) is 29.2. The second-order valence-electron chi connectivity index (χ2n) is 10.0. The number of nitrogens with zero attached hydrogens (tertiary/aromatic N) is 1. The van der Waals surface area contributed by atoms with Crippen molar-refractivity contribution in [3.8, 4) is 0 Å². The summed E-state index contributed by atoms with van der Waals surface area (Å²) in [5.41, 5.74) is 27.3. The van der Waals surface area contributed by atoms with Gasteiger partial charge in [-0.2, -0.15) is 12.6 Å². The van der Waals surface area contributed by atoms with Crippen molar-refractivity contribution in [1.82, 2.24) is 21.3 Å². The lowest BCUT2D eigenvalue weighted by Gasteiger charge is -2.26. The molecule has 4 amide bonds. The molecule has 43 heavy (non-hydrogen) atoms. The van der Waals surface area contributed by atoms with E-state index in [2.05, 4.69) is 38.9 Å². The maximum atomic E-state index is 13.3. The average molecular weight is 635 g/mol. The van der Waals surface area contributed by atoms with Crippen LogP contribution in [0.5, 0.6) is 0 Å². The molecule has 0 aliphatic carbocycles. The van der Waals surface area contributed by atoms with Crippen molar-refractivity contribution in [2.45, 2.75) is 94.6 Å². The summed E-state index contributed by atoms with van der Waals surface area (Å²) in [6.45, 7) is 2.22. The number of unbranched alkanes of at least 4 members (excludes halogenated alkanes) is 2. The maximum Gasteiger partial charge on any atom is 0.326 e. The largest absolute Gasteiger partial charge is 0.480 e. The van der Waals surface area contributed by atoms with Crippen LogP contribution in [0, 0.1) is 0 Å². The molecule has 0 saturated heterocycles. The molecule has 0 bridgehead atoms. The number of carboxylic acids is 1. The molecule has 0 heterocycles. The van der Waals surface area contributed by atoms with Crippen LogP contribution in [0.4, 0.5) is 0 Å². The summed E-state index contributed by atoms with van der Waals surface area (Å²) >= 11 is 4.13. The zero-order chi connectivity index (χ0) is 32.9. The highest BCUT2D eigenvalue weighted by molar-refractivity contribution is 7.80. The van der Waals surface area contributed by atoms with E-state index in [-0.39, 0.29) is 43.9 Å². The van der Waals surface area contributed by atoms with Gasteiger partial charge >= 0.3 is 5.97 Å². The minimum Gasteiger partial charge on any atom is -0.480 e. The summed E-state index contributed by atoms with van der Waals surface area (Å²) in [6, 6.07) is -5.97. The Hall–Kier alpha value is -3.19. The van der Waals surface area contributed by atoms with Crippen molar-refractivity contribution in [3.63, 3.8) is 0 Å². The van der Waals surface area contributed by atoms with Crippen LogP contribution < -0.4 is 49.9 Å². The van der Waals surface area contributed by atoms with Crippen molar-refractivity contribution >= 4 is 48.2 Å². The first-order chi connectivity index (χ1) is 20.3. The van der Waals surface area contributed by atoms with Gasteiger partial charge in [-0.25, -0.2) is 4.79 Å². The Morgan fingerprint density at radius 3 is 1.56 bits per heavy atom. The zero-order valence-electron chi connectivity index (χ0n) is 24.7. The molecule has 0 rings (SSSR count). The second-order valence-corrected chi connectivity index (χ2v) is 10.4. The van der Waals surface area contributed by atoms with E-state index >= 15 is 0 Å². The van der Waals surface area contributed by atoms with Gasteiger partial charge in [-0.05, 0) is 71.4 Å². The summed E-state index contributed by atoms with van der Waals surface area (Å²) in [7, 11) is 0. The fraction of sp³-hybridized carbons (Fsp3) is 0.760. The van der Waals surface area contributed by atoms with Crippen molar-refractivity contribution < 1.29 is 34.2 Å². The molecule has 0 saturated carbocycles. The number of rotatable bonds is 23. The highest BCUT2D eigenvalue weighted by Crippen LogP contribution is 2.07. The van der Waals surface area contributed by atoms with Gasteiger partial charge in [-0.1, -0.05) is 0 Å². The molecule has 0 aromatic heterocycles. The Morgan fingerprint density at radius 1 is 0.721 bits per heavy atom. The normalized spacial score (nSPS) is 15.1. The molecule has 0 aliphatic rings. The van der Waals surface area contributed by atoms with Gasteiger partial charge in [-0.15, -0.1) is 0 Å². The number of carbonyl (C=O) groups excluding carboxylic acids is 4. The highest BCUT2D eigenvalue weighted by atomic mass is 32.1. The quantitative estimate of drug-likeness (QED) is 0.0221. The van der Waals surface area contributed by atoms with Crippen LogP contribution in [-0.4, -0.2) is 107 Å². The molecule has 18 heteroatoms. The van der Waals surface area contributed by atoms with Gasteiger partial charge < -0.3 is 60.1 Å². The van der Waals surface area contributed by atoms with E-state index in [4.69, 9.17) is 28.7 Å². The van der Waals surface area contributed by atoms with Crippen LogP contribution in [0.1, 0.15) is 58.3 Å². The molecule has 16 N–H and O–H groups in total. The molecule has 0 unspecified atom stereocenters. The average Bonchev–Trinajstić information content (AvgIpc) is 2.95. The van der Waals surface area contributed by atoms with Crippen LogP contribution in [0.25, 0.3) is 0 Å². The van der Waals surface area contributed by atoms with Crippen molar-refractivity contribution in [2.75, 3.05) is 25.4 Å². The topological polar surface area (TPSA) is 316 Å². The van der Waals surface area contributed by atoms with Crippen molar-refractivity contribution in [1.29, 1.82) is 0 Å². The van der Waals surface area contributed by atoms with Crippen LogP contribution >= 0.6 is 12.6 Å². The lowest BCUT2D eigenvalue weighted by Crippen LogP contribution is -2.59. The Kier molecular flexibility index (Phi) is 20.7. The van der Waals surface area contributed by atoms with Gasteiger partial charge in [0.25, 0.3) is 0 Å². The van der Waals surface area contributed by atoms with Crippen LogP contribution in [0.3, 0.4) is 0 Å². The number of aliphatic hydroxyl groups is 1. The van der Waals surface area contributed by atoms with E-state index in [9.17, 15) is 34.2 Å². The van der Waals surface area contributed by atoms with Gasteiger partial charge in [-0.3, -0.25) is 24.2 Å². The Balaban J connectivity index is 5.65. The fourth-order valence-electron chi connectivity index (χ4n) is 3.78. The first kappa shape index (κ1) is 39.8. The second kappa shape index (κ2) is 22.4. The lowest BCUT2D eigenvalue weighted by molar-refractivity contribution is -0.142. The predicted molar refractivity (Wildman–Crippen MR) is 165 cm³/mol. The minimum atomic E-state index is -1.28. The van der Waals surface area contributed by atoms with Gasteiger partial charge in [0.1, 0.15) is 30.2 Å². The fourth-order valence-corrected chi connectivity index (χ4v) is 4.04. The molecule has 248 valence electrons. The summed E-state index contributed by atoms with van der Waals surface area (Å²) < 4.78 is 0. The highest BCUT2D eigenvalue weighted by Gasteiger charge is 2.31. The van der Waals surface area contributed by atoms with Gasteiger partial charge in [0, 0.05) is 12.3 Å². The number of hydrogen-bond acceptors (Lipinski definition) is 11. The molecule has 0 fully saturated rings. The Bertz CT molecular complexity index is 921. The number of hydrogen-bond donors (Lipinski definition) is 12. The third-order valence-corrected chi connectivity index (χ3v) is 6.72. The third kappa shape index (κ3) is 16.9. The SMILES string of the molecule is C[C@@H](O)[C@H](N)C(=O)N[C@H](CCCCN)C(=O)N[C@@H](CCCCN)C(=O)N[C@H](CS)C(=O)N[C@@H](CCCN=C(N)N)C(=O)O. The molecule has 17 nitrogen and oxygen atoms in total. The van der Waals surface area contributed by atoms with E-state index < -0.39 is 65.9 Å². The minimum absolute atomic E-state index is 0.0266. The molecular formula is C25H50N10O7S. The first-order valence-electron chi connectivity index (χ1n) is 14.2. The summed E-state index contributed by atoms with van der Waals surface area (Å²) in [5.74, 6) is -4.52. The van der Waals surface area contributed by atoms with E-state index in [1.807, 2.05) is 0 Å². The number of carboxylic acid groups (broad SMARTS) is 1. The number of aliphatic imine (C=N–C) groups is 1. The van der Waals surface area contributed by atoms with Gasteiger partial charge in [0.05, 0.1) is 6.10 Å². The maximum absolute atomic E-state index is 13.3. The molecule has 0 aromatic rings. The Morgan fingerprint density at radius 2 is 1.14 bits per heavy atom. The number of nitrogens with one attached hydrogen (secondary N) is 4. The van der Waals surface area contributed by atoms with Gasteiger partial charge in [0.2, 0.25) is 23.6 Å². The third-order valence-electron chi connectivity index (χ3n) is 6.36. The van der Waals surface area contributed by atoms with E-state index in [1.165, 1.54) is 6.92 Å². The molecular weight excluding hydrogens is 584 g/mol. The van der Waals surface area contributed by atoms with Crippen LogP contribution in [0.15, 0.2) is 4.99 Å². The van der Waals surface area contributed by atoms with E-state index in [1.54, 1.807) is 0 Å². The van der Waals surface area contributed by atoms with Crippen molar-refractivity contribution in [2.24, 2.45) is 33.7 Å². The standard InChI is InChI=1S/C25H50N10O7S/c1-14(36)19(28)23(40)33-16(8-3-5-11-27)20(37)32-15(7-2-4-10-26)21(38)35-18(13-43)22(39)34-17(24(41)42)9-6-12-31-25(29)30/h14-19,36,43H,2-13,26-28H2,1H3,(H,32,37)(H,33,40)(H,34,39)(H,35,38)(H,41,42)(H4,29,30,31)/t14-,15+,16-,17+,18-,19+/m1/s1. The number of amides is 4. The zero-order valence-corrected chi connectivity index (χ0v) is 25.6. The Labute approximate surface area is 257 Å². The van der Waals surface area contributed by atoms with E-state index in [0.29, 0.717) is 38.8 Å². The molecule has 0 aliphatic heterocycles. The number of aliphatic hydroxyl groups excluding tert-OH is 1. The molecule has 0 radical (unpaired) electrons. The smallest absolute Gasteiger partial charge is 0.326 e. The van der Waals surface area contributed by atoms with E-state index in [0.717, 1.165) is 0 Å². The molecule has 0 spiro atoms. The number of thiol groups is 1. The first-order valence-corrected chi connectivity index (χ1v) is 14.9. The van der Waals surface area contributed by atoms with Crippen LogP contribution in [-0.2, 0) is 24.0 Å². The molecule has 0 aromatic carbocycles. The number of aliphatic carboxylic acids is 1. The number of guanidine groups is 1. The predicted octanol–water partition coefficient (Wildman–Crippen LogP) is -4.04. The number of carbonyl (C=O) groups is 5. The monoisotopic (exact) mass is 634 g/mol. The van der Waals surface area contributed by atoms with Crippen LogP contribution in [0.2, 0.25) is 0 Å². The van der Waals surface area contributed by atoms with Gasteiger partial charge in [0.15, 0.2) is 5.96 Å². The van der Waals surface area contributed by atoms with Crippen molar-refractivity contribution in [3.05, 3.63) is 0 Å². The summed E-state index contributed by atoms with van der Waals surface area (Å²) in [6.07, 6.45) is 1.57. The summed E-state index contributed by atoms with van der Waals surface area (Å²) in [4.78, 5) is 67.3. The molecule has 6 atom stereocenters.